The molecule has 0 saturated heterocycles. The summed E-state index contributed by atoms with van der Waals surface area (Å²) in [5.74, 6) is 0.280. The van der Waals surface area contributed by atoms with E-state index in [1.165, 1.54) is 26.2 Å². The maximum Gasteiger partial charge on any atom is 0.257 e. The van der Waals surface area contributed by atoms with Crippen LogP contribution >= 0.6 is 0 Å². The predicted molar refractivity (Wildman–Crippen MR) is 85.3 cm³/mol. The van der Waals surface area contributed by atoms with Crippen LogP contribution in [0.25, 0.3) is 0 Å². The van der Waals surface area contributed by atoms with Crippen LogP contribution in [0.2, 0.25) is 0 Å². The molecule has 0 aromatic heterocycles. The maximum absolute atomic E-state index is 11.9. The van der Waals surface area contributed by atoms with Gasteiger partial charge in [0.25, 0.3) is 5.91 Å². The summed E-state index contributed by atoms with van der Waals surface area (Å²) in [4.78, 5) is 11.7. The van der Waals surface area contributed by atoms with Crippen LogP contribution in [0.3, 0.4) is 0 Å². The molecule has 22 heavy (non-hydrogen) atoms. The summed E-state index contributed by atoms with van der Waals surface area (Å²) in [7, 11) is -0.494. The number of carbonyl (C=O) groups is 1. The SMILES string of the molecule is CCCCCNC(=O)COc1ccc(S(=O)(=O)N(C)C)cc1. The fourth-order valence-electron chi connectivity index (χ4n) is 1.72. The van der Waals surface area contributed by atoms with Crippen LogP contribution in [0.4, 0.5) is 0 Å². The highest BCUT2D eigenvalue weighted by Crippen LogP contribution is 2.17. The molecule has 0 bridgehead atoms. The molecular weight excluding hydrogens is 304 g/mol. The average molecular weight is 328 g/mol. The van der Waals surface area contributed by atoms with Crippen molar-refractivity contribution in [1.29, 1.82) is 0 Å². The summed E-state index contributed by atoms with van der Waals surface area (Å²) >= 11 is 0. The number of rotatable bonds is 9. The van der Waals surface area contributed by atoms with Gasteiger partial charge in [0, 0.05) is 20.6 Å². The second-order valence-electron chi connectivity index (χ2n) is 5.10. The number of ether oxygens (including phenoxy) is 1. The molecule has 6 nitrogen and oxygen atoms in total. The number of nitrogens with zero attached hydrogens (tertiary/aromatic N) is 1. The molecule has 0 aliphatic heterocycles. The van der Waals surface area contributed by atoms with Crippen molar-refractivity contribution in [1.82, 2.24) is 9.62 Å². The van der Waals surface area contributed by atoms with Crippen LogP contribution in [0.1, 0.15) is 26.2 Å². The molecule has 0 unspecified atom stereocenters. The highest BCUT2D eigenvalue weighted by atomic mass is 32.2. The maximum atomic E-state index is 11.9. The Labute approximate surface area is 132 Å². The minimum Gasteiger partial charge on any atom is -0.484 e. The van der Waals surface area contributed by atoms with Gasteiger partial charge >= 0.3 is 0 Å². The van der Waals surface area contributed by atoms with Gasteiger partial charge < -0.3 is 10.1 Å². The van der Waals surface area contributed by atoms with E-state index in [2.05, 4.69) is 12.2 Å². The Morgan fingerprint density at radius 1 is 1.18 bits per heavy atom. The fourth-order valence-corrected chi connectivity index (χ4v) is 2.62. The number of nitrogens with one attached hydrogen (secondary N) is 1. The van der Waals surface area contributed by atoms with E-state index in [9.17, 15) is 13.2 Å². The Balaban J connectivity index is 2.47. The second-order valence-corrected chi connectivity index (χ2v) is 7.26. The molecule has 0 aliphatic carbocycles. The van der Waals surface area contributed by atoms with Crippen LogP contribution in [0.15, 0.2) is 29.2 Å². The van der Waals surface area contributed by atoms with Crippen LogP contribution < -0.4 is 10.1 Å². The van der Waals surface area contributed by atoms with Gasteiger partial charge in [-0.05, 0) is 30.7 Å². The molecule has 1 amide bonds. The summed E-state index contributed by atoms with van der Waals surface area (Å²) in [5, 5.41) is 2.77. The van der Waals surface area contributed by atoms with Crippen LogP contribution in [-0.2, 0) is 14.8 Å². The van der Waals surface area contributed by atoms with Gasteiger partial charge in [-0.2, -0.15) is 0 Å². The van der Waals surface area contributed by atoms with Gasteiger partial charge in [-0.3, -0.25) is 4.79 Å². The Kier molecular flexibility index (Phi) is 7.34. The van der Waals surface area contributed by atoms with Gasteiger partial charge in [0.2, 0.25) is 10.0 Å². The van der Waals surface area contributed by atoms with Gasteiger partial charge in [-0.1, -0.05) is 19.8 Å². The minimum absolute atomic E-state index is 0.0775. The minimum atomic E-state index is -3.44. The quantitative estimate of drug-likeness (QED) is 0.699. The monoisotopic (exact) mass is 328 g/mol. The van der Waals surface area contributed by atoms with Crippen molar-refractivity contribution >= 4 is 15.9 Å². The number of hydrogen-bond acceptors (Lipinski definition) is 4. The predicted octanol–water partition coefficient (Wildman–Crippen LogP) is 1.62. The lowest BCUT2D eigenvalue weighted by Gasteiger charge is -2.12. The highest BCUT2D eigenvalue weighted by molar-refractivity contribution is 7.89. The molecule has 0 radical (unpaired) electrons. The molecule has 1 aromatic rings. The average Bonchev–Trinajstić information content (AvgIpc) is 2.50. The Morgan fingerprint density at radius 3 is 2.36 bits per heavy atom. The molecule has 1 rings (SSSR count). The van der Waals surface area contributed by atoms with Gasteiger partial charge in [-0.25, -0.2) is 12.7 Å². The third kappa shape index (κ3) is 5.65. The number of amides is 1. The van der Waals surface area contributed by atoms with Crippen molar-refractivity contribution in [2.75, 3.05) is 27.2 Å². The Hall–Kier alpha value is -1.60. The van der Waals surface area contributed by atoms with E-state index in [0.29, 0.717) is 12.3 Å². The highest BCUT2D eigenvalue weighted by Gasteiger charge is 2.16. The first-order valence-electron chi connectivity index (χ1n) is 7.30. The normalized spacial score (nSPS) is 11.5. The summed E-state index contributed by atoms with van der Waals surface area (Å²) in [5.41, 5.74) is 0. The molecule has 0 fully saturated rings. The van der Waals surface area contributed by atoms with E-state index in [1.807, 2.05) is 0 Å². The number of carbonyl (C=O) groups excluding carboxylic acids is 1. The van der Waals surface area contributed by atoms with Crippen molar-refractivity contribution in [3.8, 4) is 5.75 Å². The van der Waals surface area contributed by atoms with Crippen LogP contribution in [0, 0.1) is 0 Å². The summed E-state index contributed by atoms with van der Waals surface area (Å²) in [6.45, 7) is 2.67. The van der Waals surface area contributed by atoms with E-state index < -0.39 is 10.0 Å². The summed E-state index contributed by atoms with van der Waals surface area (Å²) in [6.07, 6.45) is 3.15. The van der Waals surface area contributed by atoms with Gasteiger partial charge in [-0.15, -0.1) is 0 Å². The van der Waals surface area contributed by atoms with Crippen molar-refractivity contribution in [2.45, 2.75) is 31.1 Å². The third-order valence-electron chi connectivity index (χ3n) is 3.07. The lowest BCUT2D eigenvalue weighted by molar-refractivity contribution is -0.123. The summed E-state index contributed by atoms with van der Waals surface area (Å²) < 4.78 is 30.3. The fraction of sp³-hybridized carbons (Fsp3) is 0.533. The second kappa shape index (κ2) is 8.75. The molecule has 1 N–H and O–H groups in total. The van der Waals surface area contributed by atoms with Gasteiger partial charge in [0.05, 0.1) is 4.90 Å². The third-order valence-corrected chi connectivity index (χ3v) is 4.90. The number of unbranched alkanes of at least 4 members (excludes halogenated alkanes) is 2. The van der Waals surface area contributed by atoms with Crippen LogP contribution in [-0.4, -0.2) is 45.9 Å². The first-order chi connectivity index (χ1) is 10.4. The number of hydrogen-bond donors (Lipinski definition) is 1. The van der Waals surface area contributed by atoms with Crippen molar-refractivity contribution in [3.05, 3.63) is 24.3 Å². The van der Waals surface area contributed by atoms with Crippen molar-refractivity contribution < 1.29 is 17.9 Å². The molecule has 7 heteroatoms. The lowest BCUT2D eigenvalue weighted by Crippen LogP contribution is -2.29. The number of sulfonamides is 1. The molecule has 0 saturated carbocycles. The first-order valence-corrected chi connectivity index (χ1v) is 8.74. The summed E-state index contributed by atoms with van der Waals surface area (Å²) in [6, 6.07) is 6.01. The van der Waals surface area contributed by atoms with E-state index in [0.717, 1.165) is 23.6 Å². The zero-order valence-electron chi connectivity index (χ0n) is 13.3. The molecule has 0 heterocycles. The van der Waals surface area contributed by atoms with Gasteiger partial charge in [0.15, 0.2) is 6.61 Å². The molecule has 0 aliphatic rings. The van der Waals surface area contributed by atoms with E-state index in [-0.39, 0.29) is 17.4 Å². The zero-order chi connectivity index (χ0) is 16.6. The largest absolute Gasteiger partial charge is 0.484 e. The molecular formula is C15H24N2O4S. The van der Waals surface area contributed by atoms with E-state index in [4.69, 9.17) is 4.74 Å². The molecule has 1 aromatic carbocycles. The smallest absolute Gasteiger partial charge is 0.257 e. The van der Waals surface area contributed by atoms with Crippen molar-refractivity contribution in [2.24, 2.45) is 0 Å². The van der Waals surface area contributed by atoms with Crippen LogP contribution in [0.5, 0.6) is 5.75 Å². The first kappa shape index (κ1) is 18.4. The van der Waals surface area contributed by atoms with E-state index in [1.54, 1.807) is 12.1 Å². The Bertz CT molecular complexity index is 568. The zero-order valence-corrected chi connectivity index (χ0v) is 14.1. The topological polar surface area (TPSA) is 75.7 Å². The standard InChI is InChI=1S/C15H24N2O4S/c1-4-5-6-11-16-15(18)12-21-13-7-9-14(10-8-13)22(19,20)17(2)3/h7-10H,4-6,11-12H2,1-3H3,(H,16,18). The lowest BCUT2D eigenvalue weighted by atomic mass is 10.2. The van der Waals surface area contributed by atoms with E-state index >= 15 is 0 Å². The molecule has 0 atom stereocenters. The molecule has 0 spiro atoms. The molecule has 124 valence electrons. The van der Waals surface area contributed by atoms with Crippen molar-refractivity contribution in [3.63, 3.8) is 0 Å². The Morgan fingerprint density at radius 2 is 1.82 bits per heavy atom. The number of benzene rings is 1. The van der Waals surface area contributed by atoms with Gasteiger partial charge in [0.1, 0.15) is 5.75 Å².